The van der Waals surface area contributed by atoms with Crippen molar-refractivity contribution in [3.63, 3.8) is 0 Å². The molecule has 1 heteroatoms. The van der Waals surface area contributed by atoms with Crippen LogP contribution in [0.25, 0.3) is 11.1 Å². The van der Waals surface area contributed by atoms with Gasteiger partial charge in [0.15, 0.2) is 0 Å². The van der Waals surface area contributed by atoms with E-state index in [1.165, 1.54) is 27.8 Å². The average molecular weight is 299 g/mol. The van der Waals surface area contributed by atoms with Crippen molar-refractivity contribution in [2.75, 3.05) is 5.32 Å². The second-order valence-corrected chi connectivity index (χ2v) is 6.87. The van der Waals surface area contributed by atoms with Crippen LogP contribution in [0.3, 0.4) is 0 Å². The summed E-state index contributed by atoms with van der Waals surface area (Å²) in [6.45, 7) is 6.88. The smallest absolute Gasteiger partial charge is 0.0387 e. The first-order valence-electron chi connectivity index (χ1n) is 8.14. The minimum absolute atomic E-state index is 0.0460. The van der Waals surface area contributed by atoms with E-state index in [-0.39, 0.29) is 5.41 Å². The predicted octanol–water partition coefficient (Wildman–Crippen LogP) is 6.04. The Morgan fingerprint density at radius 3 is 2.30 bits per heavy atom. The normalized spacial score (nSPS) is 14.2. The van der Waals surface area contributed by atoms with Crippen LogP contribution in [0, 0.1) is 6.92 Å². The Bertz CT molecular complexity index is 876. The molecule has 0 saturated heterocycles. The number of anilines is 2. The third-order valence-electron chi connectivity index (χ3n) is 4.94. The van der Waals surface area contributed by atoms with Gasteiger partial charge in [-0.3, -0.25) is 0 Å². The second-order valence-electron chi connectivity index (χ2n) is 6.87. The zero-order chi connectivity index (χ0) is 16.0. The number of fused-ring (bicyclic) bond motifs is 3. The SMILES string of the molecule is Cc1cccc2c1C(C)(C)c1cc(Nc3ccccc3)ccc1-2. The number of hydrogen-bond acceptors (Lipinski definition) is 1. The van der Waals surface area contributed by atoms with Crippen molar-refractivity contribution < 1.29 is 0 Å². The first-order valence-corrected chi connectivity index (χ1v) is 8.14. The van der Waals surface area contributed by atoms with Crippen LogP contribution in [0.5, 0.6) is 0 Å². The highest BCUT2D eigenvalue weighted by Crippen LogP contribution is 2.50. The van der Waals surface area contributed by atoms with Gasteiger partial charge in [-0.2, -0.15) is 0 Å². The van der Waals surface area contributed by atoms with Gasteiger partial charge in [0.25, 0.3) is 0 Å². The molecule has 1 nitrogen and oxygen atoms in total. The third-order valence-corrected chi connectivity index (χ3v) is 4.94. The van der Waals surface area contributed by atoms with Crippen LogP contribution in [0.4, 0.5) is 11.4 Å². The summed E-state index contributed by atoms with van der Waals surface area (Å²) in [7, 11) is 0. The molecular weight excluding hydrogens is 278 g/mol. The molecule has 0 aromatic heterocycles. The quantitative estimate of drug-likeness (QED) is 0.608. The summed E-state index contributed by atoms with van der Waals surface area (Å²) in [6, 6.07) is 23.7. The van der Waals surface area contributed by atoms with Crippen LogP contribution < -0.4 is 5.32 Å². The van der Waals surface area contributed by atoms with Crippen LogP contribution in [0.15, 0.2) is 66.7 Å². The van der Waals surface area contributed by atoms with Crippen LogP contribution >= 0.6 is 0 Å². The summed E-state index contributed by atoms with van der Waals surface area (Å²) in [4.78, 5) is 0. The van der Waals surface area contributed by atoms with Gasteiger partial charge < -0.3 is 5.32 Å². The Morgan fingerprint density at radius 1 is 0.739 bits per heavy atom. The Hall–Kier alpha value is -2.54. The van der Waals surface area contributed by atoms with Gasteiger partial charge in [-0.15, -0.1) is 0 Å². The molecule has 0 heterocycles. The molecule has 23 heavy (non-hydrogen) atoms. The van der Waals surface area contributed by atoms with Gasteiger partial charge in [0, 0.05) is 16.8 Å². The van der Waals surface area contributed by atoms with Crippen LogP contribution in [-0.2, 0) is 5.41 Å². The number of nitrogens with one attached hydrogen (secondary N) is 1. The maximum absolute atomic E-state index is 3.51. The average Bonchev–Trinajstić information content (AvgIpc) is 2.77. The standard InChI is InChI=1S/C22H21N/c1-15-8-7-11-19-18-13-12-17(23-16-9-5-4-6-10-16)14-20(18)22(2,3)21(15)19/h4-14,23H,1-3H3. The van der Waals surface area contributed by atoms with Crippen LogP contribution in [-0.4, -0.2) is 0 Å². The Balaban J connectivity index is 1.81. The highest BCUT2D eigenvalue weighted by atomic mass is 14.9. The van der Waals surface area contributed by atoms with E-state index in [0.717, 1.165) is 11.4 Å². The first kappa shape index (κ1) is 14.1. The van der Waals surface area contributed by atoms with E-state index in [1.54, 1.807) is 0 Å². The van der Waals surface area contributed by atoms with Gasteiger partial charge in [-0.25, -0.2) is 0 Å². The van der Waals surface area contributed by atoms with Crippen molar-refractivity contribution in [1.82, 2.24) is 0 Å². The summed E-state index contributed by atoms with van der Waals surface area (Å²) >= 11 is 0. The molecule has 0 bridgehead atoms. The molecule has 0 fully saturated rings. The summed E-state index contributed by atoms with van der Waals surface area (Å²) < 4.78 is 0. The second kappa shape index (κ2) is 4.99. The summed E-state index contributed by atoms with van der Waals surface area (Å²) in [5.41, 5.74) is 9.31. The van der Waals surface area contributed by atoms with Gasteiger partial charge in [0.2, 0.25) is 0 Å². The third kappa shape index (κ3) is 2.16. The van der Waals surface area contributed by atoms with Gasteiger partial charge in [0.05, 0.1) is 0 Å². The fourth-order valence-electron chi connectivity index (χ4n) is 3.92. The summed E-state index contributed by atoms with van der Waals surface area (Å²) in [5, 5.41) is 3.51. The number of hydrogen-bond donors (Lipinski definition) is 1. The Kier molecular flexibility index (Phi) is 3.05. The minimum atomic E-state index is 0.0460. The maximum atomic E-state index is 3.51. The molecule has 4 rings (SSSR count). The van der Waals surface area contributed by atoms with Crippen molar-refractivity contribution in [3.8, 4) is 11.1 Å². The lowest BCUT2D eigenvalue weighted by Gasteiger charge is -2.23. The monoisotopic (exact) mass is 299 g/mol. The molecule has 0 radical (unpaired) electrons. The van der Waals surface area contributed by atoms with Gasteiger partial charge >= 0.3 is 0 Å². The molecule has 1 aliphatic carbocycles. The van der Waals surface area contributed by atoms with Crippen molar-refractivity contribution in [2.24, 2.45) is 0 Å². The zero-order valence-electron chi connectivity index (χ0n) is 13.9. The zero-order valence-corrected chi connectivity index (χ0v) is 13.9. The largest absolute Gasteiger partial charge is 0.356 e. The van der Waals surface area contributed by atoms with E-state index >= 15 is 0 Å². The lowest BCUT2D eigenvalue weighted by atomic mass is 9.80. The van der Waals surface area contributed by atoms with Crippen LogP contribution in [0.1, 0.15) is 30.5 Å². The lowest BCUT2D eigenvalue weighted by Crippen LogP contribution is -2.16. The van der Waals surface area contributed by atoms with Crippen molar-refractivity contribution in [1.29, 1.82) is 0 Å². The summed E-state index contributed by atoms with van der Waals surface area (Å²) in [6.07, 6.45) is 0. The minimum Gasteiger partial charge on any atom is -0.356 e. The molecule has 3 aromatic rings. The molecule has 1 aliphatic rings. The molecule has 0 amide bonds. The van der Waals surface area contributed by atoms with Gasteiger partial charge in [-0.05, 0) is 59.0 Å². The number of benzene rings is 3. The fraction of sp³-hybridized carbons (Fsp3) is 0.182. The first-order chi connectivity index (χ1) is 11.1. The summed E-state index contributed by atoms with van der Waals surface area (Å²) in [5.74, 6) is 0. The van der Waals surface area contributed by atoms with Crippen molar-refractivity contribution >= 4 is 11.4 Å². The Morgan fingerprint density at radius 2 is 1.52 bits per heavy atom. The molecular formula is C22H21N. The molecule has 114 valence electrons. The number of para-hydroxylation sites is 1. The predicted molar refractivity (Wildman–Crippen MR) is 98.5 cm³/mol. The van der Waals surface area contributed by atoms with E-state index in [4.69, 9.17) is 0 Å². The molecule has 0 aliphatic heterocycles. The van der Waals surface area contributed by atoms with Gasteiger partial charge in [-0.1, -0.05) is 56.3 Å². The van der Waals surface area contributed by atoms with E-state index in [1.807, 2.05) is 6.07 Å². The van der Waals surface area contributed by atoms with E-state index < -0.39 is 0 Å². The van der Waals surface area contributed by atoms with E-state index in [0.29, 0.717) is 0 Å². The highest BCUT2D eigenvalue weighted by Gasteiger charge is 2.36. The molecule has 0 atom stereocenters. The fourth-order valence-corrected chi connectivity index (χ4v) is 3.92. The van der Waals surface area contributed by atoms with E-state index in [2.05, 4.69) is 86.8 Å². The molecule has 1 N–H and O–H groups in total. The van der Waals surface area contributed by atoms with Crippen molar-refractivity contribution in [2.45, 2.75) is 26.2 Å². The lowest BCUT2D eigenvalue weighted by molar-refractivity contribution is 0.656. The molecule has 0 unspecified atom stereocenters. The van der Waals surface area contributed by atoms with E-state index in [9.17, 15) is 0 Å². The van der Waals surface area contributed by atoms with Crippen LogP contribution in [0.2, 0.25) is 0 Å². The molecule has 0 saturated carbocycles. The number of rotatable bonds is 2. The molecule has 3 aromatic carbocycles. The topological polar surface area (TPSA) is 12.0 Å². The maximum Gasteiger partial charge on any atom is 0.0387 e. The van der Waals surface area contributed by atoms with Crippen molar-refractivity contribution in [3.05, 3.63) is 83.4 Å². The highest BCUT2D eigenvalue weighted by molar-refractivity contribution is 5.83. The Labute approximate surface area is 138 Å². The number of aryl methyl sites for hydroxylation is 1. The van der Waals surface area contributed by atoms with Gasteiger partial charge in [0.1, 0.15) is 0 Å². The molecule has 0 spiro atoms.